The van der Waals surface area contributed by atoms with Crippen molar-refractivity contribution < 1.29 is 5.11 Å². The highest BCUT2D eigenvalue weighted by Gasteiger charge is 2.12. The second-order valence-electron chi connectivity index (χ2n) is 5.23. The minimum absolute atomic E-state index is 0.576. The van der Waals surface area contributed by atoms with Gasteiger partial charge in [0.2, 0.25) is 0 Å². The Kier molecular flexibility index (Phi) is 4.22. The largest absolute Gasteiger partial charge is 0.386 e. The van der Waals surface area contributed by atoms with Gasteiger partial charge in [-0.15, -0.1) is 0 Å². The molecule has 106 valence electrons. The summed E-state index contributed by atoms with van der Waals surface area (Å²) in [6.45, 7) is 2.06. The maximum absolute atomic E-state index is 10.5. The standard InChI is InChI=1S/C18H16INO/c1-12-10-17(20-16-5-3-2-4-15(12)16)18(21)11-13-6-8-14(19)9-7-13/h2-10,18,21H,11H2,1H3. The van der Waals surface area contributed by atoms with E-state index < -0.39 is 6.10 Å². The molecule has 0 fully saturated rings. The number of hydrogen-bond donors (Lipinski definition) is 1. The molecule has 0 bridgehead atoms. The van der Waals surface area contributed by atoms with E-state index in [-0.39, 0.29) is 0 Å². The van der Waals surface area contributed by atoms with Crippen LogP contribution in [-0.2, 0) is 6.42 Å². The highest BCUT2D eigenvalue weighted by Crippen LogP contribution is 2.23. The third-order valence-electron chi connectivity index (χ3n) is 3.63. The van der Waals surface area contributed by atoms with Crippen LogP contribution in [0, 0.1) is 10.5 Å². The number of para-hydroxylation sites is 1. The lowest BCUT2D eigenvalue weighted by Gasteiger charge is -2.13. The third-order valence-corrected chi connectivity index (χ3v) is 4.35. The summed E-state index contributed by atoms with van der Waals surface area (Å²) in [5.41, 5.74) is 3.95. The van der Waals surface area contributed by atoms with Crippen LogP contribution in [0.5, 0.6) is 0 Å². The van der Waals surface area contributed by atoms with Gasteiger partial charge in [-0.3, -0.25) is 4.98 Å². The van der Waals surface area contributed by atoms with Crippen LogP contribution >= 0.6 is 22.6 Å². The lowest BCUT2D eigenvalue weighted by molar-refractivity contribution is 0.174. The van der Waals surface area contributed by atoms with Gasteiger partial charge in [0, 0.05) is 15.4 Å². The van der Waals surface area contributed by atoms with Crippen LogP contribution in [0.3, 0.4) is 0 Å². The molecule has 0 aliphatic heterocycles. The van der Waals surface area contributed by atoms with Crippen molar-refractivity contribution in [3.8, 4) is 0 Å². The molecule has 2 aromatic carbocycles. The van der Waals surface area contributed by atoms with Crippen molar-refractivity contribution in [1.82, 2.24) is 4.98 Å². The zero-order chi connectivity index (χ0) is 14.8. The average Bonchev–Trinajstić information content (AvgIpc) is 2.49. The zero-order valence-corrected chi connectivity index (χ0v) is 13.9. The van der Waals surface area contributed by atoms with Crippen molar-refractivity contribution in [2.45, 2.75) is 19.4 Å². The molecule has 0 spiro atoms. The number of rotatable bonds is 3. The first-order valence-electron chi connectivity index (χ1n) is 6.92. The molecular formula is C18H16INO. The predicted octanol–water partition coefficient (Wildman–Crippen LogP) is 4.42. The van der Waals surface area contributed by atoms with E-state index in [0.29, 0.717) is 6.42 Å². The van der Waals surface area contributed by atoms with Crippen LogP contribution in [0.1, 0.15) is 22.9 Å². The summed E-state index contributed by atoms with van der Waals surface area (Å²) in [6.07, 6.45) is 0.00943. The summed E-state index contributed by atoms with van der Waals surface area (Å²) in [7, 11) is 0. The van der Waals surface area contributed by atoms with E-state index in [4.69, 9.17) is 0 Å². The van der Waals surface area contributed by atoms with E-state index in [1.807, 2.05) is 24.3 Å². The van der Waals surface area contributed by atoms with Crippen LogP contribution in [0.4, 0.5) is 0 Å². The van der Waals surface area contributed by atoms with Crippen molar-refractivity contribution in [2.24, 2.45) is 0 Å². The van der Waals surface area contributed by atoms with Gasteiger partial charge in [-0.05, 0) is 64.9 Å². The van der Waals surface area contributed by atoms with E-state index in [2.05, 4.69) is 64.8 Å². The fraction of sp³-hybridized carbons (Fsp3) is 0.167. The highest BCUT2D eigenvalue weighted by atomic mass is 127. The molecule has 3 aromatic rings. The predicted molar refractivity (Wildman–Crippen MR) is 94.3 cm³/mol. The third kappa shape index (κ3) is 3.24. The molecule has 0 aliphatic carbocycles. The normalized spacial score (nSPS) is 12.5. The van der Waals surface area contributed by atoms with E-state index in [1.165, 1.54) is 3.57 Å². The molecule has 2 nitrogen and oxygen atoms in total. The van der Waals surface area contributed by atoms with E-state index in [0.717, 1.165) is 27.7 Å². The molecule has 1 heterocycles. The second-order valence-corrected chi connectivity index (χ2v) is 6.47. The molecule has 0 saturated heterocycles. The molecule has 1 aromatic heterocycles. The van der Waals surface area contributed by atoms with Gasteiger partial charge < -0.3 is 5.11 Å². The maximum Gasteiger partial charge on any atom is 0.1000 e. The van der Waals surface area contributed by atoms with Gasteiger partial charge in [0.15, 0.2) is 0 Å². The first-order chi connectivity index (χ1) is 10.1. The molecular weight excluding hydrogens is 373 g/mol. The molecule has 1 unspecified atom stereocenters. The van der Waals surface area contributed by atoms with Crippen LogP contribution < -0.4 is 0 Å². The number of aromatic nitrogens is 1. The second kappa shape index (κ2) is 6.12. The van der Waals surface area contributed by atoms with Crippen molar-refractivity contribution in [1.29, 1.82) is 0 Å². The summed E-state index contributed by atoms with van der Waals surface area (Å²) in [5.74, 6) is 0. The summed E-state index contributed by atoms with van der Waals surface area (Å²) in [4.78, 5) is 4.60. The van der Waals surface area contributed by atoms with Gasteiger partial charge >= 0.3 is 0 Å². The molecule has 1 atom stereocenters. The van der Waals surface area contributed by atoms with Crippen molar-refractivity contribution in [3.63, 3.8) is 0 Å². The van der Waals surface area contributed by atoms with Gasteiger partial charge in [-0.2, -0.15) is 0 Å². The van der Waals surface area contributed by atoms with Crippen molar-refractivity contribution in [2.75, 3.05) is 0 Å². The molecule has 0 radical (unpaired) electrons. The maximum atomic E-state index is 10.5. The molecule has 0 saturated carbocycles. The Morgan fingerprint density at radius 1 is 1.10 bits per heavy atom. The van der Waals surface area contributed by atoms with E-state index >= 15 is 0 Å². The van der Waals surface area contributed by atoms with Crippen LogP contribution in [-0.4, -0.2) is 10.1 Å². The lowest BCUT2D eigenvalue weighted by atomic mass is 10.0. The Bertz CT molecular complexity index is 768. The number of aliphatic hydroxyl groups excluding tert-OH is 1. The summed E-state index contributed by atoms with van der Waals surface area (Å²) in [6, 6.07) is 18.3. The summed E-state index contributed by atoms with van der Waals surface area (Å²) in [5, 5.41) is 11.6. The number of pyridine rings is 1. The van der Waals surface area contributed by atoms with Gasteiger partial charge in [0.25, 0.3) is 0 Å². The van der Waals surface area contributed by atoms with Gasteiger partial charge in [0.1, 0.15) is 0 Å². The Balaban J connectivity index is 1.90. The summed E-state index contributed by atoms with van der Waals surface area (Å²) < 4.78 is 1.20. The fourth-order valence-electron chi connectivity index (χ4n) is 2.49. The summed E-state index contributed by atoms with van der Waals surface area (Å²) >= 11 is 2.28. The molecule has 21 heavy (non-hydrogen) atoms. The average molecular weight is 389 g/mol. The quantitative estimate of drug-likeness (QED) is 0.673. The molecule has 0 amide bonds. The lowest BCUT2D eigenvalue weighted by Crippen LogP contribution is -2.05. The van der Waals surface area contributed by atoms with E-state index in [9.17, 15) is 5.11 Å². The van der Waals surface area contributed by atoms with Crippen molar-refractivity contribution in [3.05, 3.63) is 75.0 Å². The van der Waals surface area contributed by atoms with Crippen molar-refractivity contribution >= 4 is 33.5 Å². The smallest absolute Gasteiger partial charge is 0.1000 e. The number of aliphatic hydroxyl groups is 1. The minimum atomic E-state index is -0.576. The molecule has 0 aliphatic rings. The fourth-order valence-corrected chi connectivity index (χ4v) is 2.85. The Morgan fingerprint density at radius 3 is 2.57 bits per heavy atom. The molecule has 3 heteroatoms. The minimum Gasteiger partial charge on any atom is -0.386 e. The molecule has 3 rings (SSSR count). The SMILES string of the molecule is Cc1cc(C(O)Cc2ccc(I)cc2)nc2ccccc12. The Labute approximate surface area is 138 Å². The number of aryl methyl sites for hydroxylation is 1. The first-order valence-corrected chi connectivity index (χ1v) is 8.00. The Morgan fingerprint density at radius 2 is 1.81 bits per heavy atom. The first kappa shape index (κ1) is 14.5. The van der Waals surface area contributed by atoms with E-state index in [1.54, 1.807) is 0 Å². The number of benzene rings is 2. The number of hydrogen-bond acceptors (Lipinski definition) is 2. The highest BCUT2D eigenvalue weighted by molar-refractivity contribution is 14.1. The van der Waals surface area contributed by atoms with Crippen LogP contribution in [0.15, 0.2) is 54.6 Å². The monoisotopic (exact) mass is 389 g/mol. The molecule has 1 N–H and O–H groups in total. The van der Waals surface area contributed by atoms with Gasteiger partial charge in [0.05, 0.1) is 17.3 Å². The number of fused-ring (bicyclic) bond motifs is 1. The zero-order valence-electron chi connectivity index (χ0n) is 11.8. The number of halogens is 1. The number of nitrogens with zero attached hydrogens (tertiary/aromatic N) is 1. The Hall–Kier alpha value is -1.46. The van der Waals surface area contributed by atoms with Gasteiger partial charge in [-0.1, -0.05) is 30.3 Å². The van der Waals surface area contributed by atoms with Crippen LogP contribution in [0.2, 0.25) is 0 Å². The topological polar surface area (TPSA) is 33.1 Å². The van der Waals surface area contributed by atoms with Crippen LogP contribution in [0.25, 0.3) is 10.9 Å². The van der Waals surface area contributed by atoms with Gasteiger partial charge in [-0.25, -0.2) is 0 Å².